The molecule has 4 heteroatoms. The van der Waals surface area contributed by atoms with Crippen LogP contribution in [0, 0.1) is 0 Å². The summed E-state index contributed by atoms with van der Waals surface area (Å²) in [6.07, 6.45) is -0.385. The smallest absolute Gasteiger partial charge is 0.299 e. The molecular weight excluding hydrogens is 241 g/mol. The normalized spacial score (nSPS) is 16.6. The van der Waals surface area contributed by atoms with Gasteiger partial charge in [0.05, 0.1) is 5.56 Å². The Labute approximate surface area is 103 Å². The molecule has 0 spiro atoms. The second-order valence-corrected chi connectivity index (χ2v) is 4.48. The number of hydrogen-bond acceptors (Lipinski definition) is 1. The van der Waals surface area contributed by atoms with Gasteiger partial charge in [-0.3, -0.25) is 4.79 Å². The number of rotatable bonds is 2. The second kappa shape index (κ2) is 4.96. The molecule has 0 N–H and O–H groups in total. The summed E-state index contributed by atoms with van der Waals surface area (Å²) in [6, 6.07) is 5.36. The van der Waals surface area contributed by atoms with Crippen molar-refractivity contribution in [1.29, 1.82) is 0 Å². The van der Waals surface area contributed by atoms with E-state index in [1.807, 2.05) is 6.08 Å². The first-order chi connectivity index (χ1) is 8.45. The van der Waals surface area contributed by atoms with Crippen molar-refractivity contribution < 1.29 is 18.0 Å². The van der Waals surface area contributed by atoms with Crippen molar-refractivity contribution in [3.8, 4) is 0 Å². The van der Waals surface area contributed by atoms with Crippen molar-refractivity contribution >= 4 is 5.78 Å². The monoisotopic (exact) mass is 254 g/mol. The molecule has 0 saturated carbocycles. The number of ketones is 1. The second-order valence-electron chi connectivity index (χ2n) is 4.48. The third-order valence-electron chi connectivity index (χ3n) is 3.03. The summed E-state index contributed by atoms with van der Waals surface area (Å²) < 4.78 is 37.6. The lowest BCUT2D eigenvalue weighted by molar-refractivity contribution is -0.137. The van der Waals surface area contributed by atoms with E-state index in [9.17, 15) is 18.0 Å². The summed E-state index contributed by atoms with van der Waals surface area (Å²) in [4.78, 5) is 11.1. The highest BCUT2D eigenvalue weighted by Gasteiger charge is 2.30. The van der Waals surface area contributed by atoms with Gasteiger partial charge in [-0.2, -0.15) is 13.2 Å². The Morgan fingerprint density at radius 3 is 2.56 bits per heavy atom. The summed E-state index contributed by atoms with van der Waals surface area (Å²) in [7, 11) is 0. The van der Waals surface area contributed by atoms with E-state index in [1.54, 1.807) is 6.07 Å². The molecule has 2 rings (SSSR count). The highest BCUT2D eigenvalue weighted by molar-refractivity contribution is 5.81. The lowest BCUT2D eigenvalue weighted by Gasteiger charge is -2.13. The minimum absolute atomic E-state index is 0.197. The molecule has 1 aliphatic carbocycles. The van der Waals surface area contributed by atoms with Gasteiger partial charge in [0.15, 0.2) is 0 Å². The highest BCUT2D eigenvalue weighted by atomic mass is 19.4. The highest BCUT2D eigenvalue weighted by Crippen LogP contribution is 2.30. The van der Waals surface area contributed by atoms with Crippen molar-refractivity contribution in [1.82, 2.24) is 0 Å². The summed E-state index contributed by atoms with van der Waals surface area (Å²) in [5, 5.41) is 0. The SMILES string of the molecule is O=C1CC=C(Cc2cccc(C(F)(F)F)c2)CC1. The lowest BCUT2D eigenvalue weighted by Crippen LogP contribution is -2.07. The molecule has 1 aromatic carbocycles. The van der Waals surface area contributed by atoms with Crippen LogP contribution < -0.4 is 0 Å². The Hall–Kier alpha value is -1.58. The van der Waals surface area contributed by atoms with Crippen LogP contribution in [0.1, 0.15) is 30.4 Å². The molecule has 18 heavy (non-hydrogen) atoms. The number of alkyl halides is 3. The van der Waals surface area contributed by atoms with Crippen LogP contribution in [0.2, 0.25) is 0 Å². The van der Waals surface area contributed by atoms with Crippen molar-refractivity contribution in [2.75, 3.05) is 0 Å². The molecule has 0 amide bonds. The average Bonchev–Trinajstić information content (AvgIpc) is 2.31. The summed E-state index contributed by atoms with van der Waals surface area (Å²) in [5.41, 5.74) is 1.08. The van der Waals surface area contributed by atoms with Crippen LogP contribution in [0.4, 0.5) is 13.2 Å². The number of allylic oxidation sites excluding steroid dienone is 2. The summed E-state index contributed by atoms with van der Waals surface area (Å²) in [5.74, 6) is 0.197. The topological polar surface area (TPSA) is 17.1 Å². The van der Waals surface area contributed by atoms with Gasteiger partial charge < -0.3 is 0 Å². The van der Waals surface area contributed by atoms with Gasteiger partial charge in [0.2, 0.25) is 0 Å². The maximum absolute atomic E-state index is 12.5. The minimum atomic E-state index is -4.30. The third kappa shape index (κ3) is 3.22. The molecule has 0 aromatic heterocycles. The molecule has 0 bridgehead atoms. The molecule has 0 fully saturated rings. The Balaban J connectivity index is 2.13. The number of carbonyl (C=O) groups excluding carboxylic acids is 1. The van der Waals surface area contributed by atoms with E-state index in [0.29, 0.717) is 31.2 Å². The van der Waals surface area contributed by atoms with Gasteiger partial charge in [-0.15, -0.1) is 0 Å². The quantitative estimate of drug-likeness (QED) is 0.731. The van der Waals surface area contributed by atoms with Crippen LogP contribution in [0.25, 0.3) is 0 Å². The van der Waals surface area contributed by atoms with Crippen LogP contribution in [-0.2, 0) is 17.4 Å². The number of hydrogen-bond donors (Lipinski definition) is 0. The van der Waals surface area contributed by atoms with E-state index in [0.717, 1.165) is 11.6 Å². The predicted molar refractivity (Wildman–Crippen MR) is 62.1 cm³/mol. The first-order valence-electron chi connectivity index (χ1n) is 5.81. The van der Waals surface area contributed by atoms with Crippen molar-refractivity contribution in [3.05, 3.63) is 47.0 Å². The maximum Gasteiger partial charge on any atom is 0.416 e. The van der Waals surface area contributed by atoms with E-state index in [4.69, 9.17) is 0 Å². The molecular formula is C14H13F3O. The molecule has 0 unspecified atom stereocenters. The van der Waals surface area contributed by atoms with E-state index >= 15 is 0 Å². The molecule has 96 valence electrons. The fourth-order valence-electron chi connectivity index (χ4n) is 2.04. The zero-order chi connectivity index (χ0) is 13.2. The van der Waals surface area contributed by atoms with E-state index in [-0.39, 0.29) is 5.78 Å². The van der Waals surface area contributed by atoms with Gasteiger partial charge in [0.25, 0.3) is 0 Å². The number of benzene rings is 1. The zero-order valence-electron chi connectivity index (χ0n) is 9.76. The van der Waals surface area contributed by atoms with E-state index < -0.39 is 11.7 Å². The molecule has 0 aliphatic heterocycles. The summed E-state index contributed by atoms with van der Waals surface area (Å²) in [6.45, 7) is 0. The molecule has 1 aromatic rings. The lowest BCUT2D eigenvalue weighted by atomic mass is 9.93. The van der Waals surface area contributed by atoms with Crippen LogP contribution in [-0.4, -0.2) is 5.78 Å². The Morgan fingerprint density at radius 2 is 1.94 bits per heavy atom. The maximum atomic E-state index is 12.5. The van der Waals surface area contributed by atoms with Crippen molar-refractivity contribution in [2.24, 2.45) is 0 Å². The van der Waals surface area contributed by atoms with Gasteiger partial charge in [0.1, 0.15) is 5.78 Å². The van der Waals surface area contributed by atoms with E-state index in [1.165, 1.54) is 12.1 Å². The Bertz CT molecular complexity index is 486. The molecule has 0 heterocycles. The molecule has 0 saturated heterocycles. The van der Waals surface area contributed by atoms with Gasteiger partial charge in [0, 0.05) is 12.8 Å². The predicted octanol–water partition coefficient (Wildman–Crippen LogP) is 3.93. The van der Waals surface area contributed by atoms with Gasteiger partial charge >= 0.3 is 6.18 Å². The summed E-state index contributed by atoms with van der Waals surface area (Å²) >= 11 is 0. The van der Waals surface area contributed by atoms with E-state index in [2.05, 4.69) is 0 Å². The van der Waals surface area contributed by atoms with Crippen LogP contribution in [0.3, 0.4) is 0 Å². The molecule has 0 atom stereocenters. The molecule has 1 aliphatic rings. The number of halogens is 3. The van der Waals surface area contributed by atoms with Gasteiger partial charge in [-0.25, -0.2) is 0 Å². The Morgan fingerprint density at radius 1 is 1.17 bits per heavy atom. The van der Waals surface area contributed by atoms with Crippen molar-refractivity contribution in [3.63, 3.8) is 0 Å². The first kappa shape index (κ1) is 12.9. The Kier molecular flexibility index (Phi) is 3.55. The zero-order valence-corrected chi connectivity index (χ0v) is 9.76. The van der Waals surface area contributed by atoms with Crippen LogP contribution in [0.5, 0.6) is 0 Å². The molecule has 1 nitrogen and oxygen atoms in total. The third-order valence-corrected chi connectivity index (χ3v) is 3.03. The standard InChI is InChI=1S/C14H13F3O/c15-14(16,17)12-3-1-2-11(9-12)8-10-4-6-13(18)7-5-10/h1-4,9H,5-8H2. The van der Waals surface area contributed by atoms with Crippen molar-refractivity contribution in [2.45, 2.75) is 31.9 Å². The first-order valence-corrected chi connectivity index (χ1v) is 5.81. The van der Waals surface area contributed by atoms with Gasteiger partial charge in [-0.1, -0.05) is 29.8 Å². The average molecular weight is 254 g/mol. The van der Waals surface area contributed by atoms with Gasteiger partial charge in [-0.05, 0) is 24.5 Å². The molecule has 0 radical (unpaired) electrons. The fraction of sp³-hybridized carbons (Fsp3) is 0.357. The number of Topliss-reactive ketones (excluding diaryl/α,β-unsaturated/α-hetero) is 1. The fourth-order valence-corrected chi connectivity index (χ4v) is 2.04. The van der Waals surface area contributed by atoms with Crippen LogP contribution >= 0.6 is 0 Å². The minimum Gasteiger partial charge on any atom is -0.299 e. The number of carbonyl (C=O) groups is 1. The van der Waals surface area contributed by atoms with Crippen LogP contribution in [0.15, 0.2) is 35.9 Å². The largest absolute Gasteiger partial charge is 0.416 e.